The van der Waals surface area contributed by atoms with Gasteiger partial charge in [0.25, 0.3) is 0 Å². The molecule has 0 atom stereocenters. The van der Waals surface area contributed by atoms with Crippen molar-refractivity contribution in [3.63, 3.8) is 0 Å². The number of nitrogen functional groups attached to an aromatic ring is 1. The van der Waals surface area contributed by atoms with Gasteiger partial charge < -0.3 is 11.1 Å². The number of aromatic nitrogens is 2. The zero-order chi connectivity index (χ0) is 19.9. The summed E-state index contributed by atoms with van der Waals surface area (Å²) in [5.41, 5.74) is 10.2. The molecule has 28 heavy (non-hydrogen) atoms. The topological polar surface area (TPSA) is 80.9 Å². The number of amides is 1. The third kappa shape index (κ3) is 5.39. The van der Waals surface area contributed by atoms with Gasteiger partial charge in [0.2, 0.25) is 5.91 Å². The summed E-state index contributed by atoms with van der Waals surface area (Å²) >= 11 is 0. The van der Waals surface area contributed by atoms with E-state index in [1.165, 1.54) is 0 Å². The molecule has 1 aromatic heterocycles. The van der Waals surface area contributed by atoms with Crippen LogP contribution in [0.1, 0.15) is 31.5 Å². The maximum absolute atomic E-state index is 12.4. The molecule has 144 valence electrons. The molecule has 0 aliphatic heterocycles. The van der Waals surface area contributed by atoms with Gasteiger partial charge in [0, 0.05) is 17.7 Å². The maximum Gasteiger partial charge on any atom is 0.225 e. The SMILES string of the molecule is CC(C)Cc1nc(-c2ccc(N)cc2)cnc1NC(=O)CCc1ccccc1. The molecule has 1 heterocycles. The number of rotatable bonds is 7. The molecule has 2 aromatic carbocycles. The first-order chi connectivity index (χ1) is 13.5. The summed E-state index contributed by atoms with van der Waals surface area (Å²) < 4.78 is 0. The number of carbonyl (C=O) groups is 1. The van der Waals surface area contributed by atoms with Crippen molar-refractivity contribution in [2.75, 3.05) is 11.1 Å². The van der Waals surface area contributed by atoms with E-state index in [9.17, 15) is 4.79 Å². The van der Waals surface area contributed by atoms with E-state index in [2.05, 4.69) is 24.1 Å². The number of nitrogens with zero attached hydrogens (tertiary/aromatic N) is 2. The number of anilines is 2. The molecule has 0 spiro atoms. The summed E-state index contributed by atoms with van der Waals surface area (Å²) in [6.07, 6.45) is 3.54. The van der Waals surface area contributed by atoms with Gasteiger partial charge in [-0.2, -0.15) is 0 Å². The molecular formula is C23H26N4O. The Balaban J connectivity index is 1.75. The van der Waals surface area contributed by atoms with Gasteiger partial charge in [-0.1, -0.05) is 56.3 Å². The second-order valence-corrected chi connectivity index (χ2v) is 7.30. The molecule has 0 aliphatic rings. The van der Waals surface area contributed by atoms with E-state index in [0.29, 0.717) is 30.3 Å². The number of carbonyl (C=O) groups excluding carboxylic acids is 1. The summed E-state index contributed by atoms with van der Waals surface area (Å²) in [5, 5.41) is 2.94. The quantitative estimate of drug-likeness (QED) is 0.597. The summed E-state index contributed by atoms with van der Waals surface area (Å²) in [6.45, 7) is 4.25. The lowest BCUT2D eigenvalue weighted by atomic mass is 10.1. The molecule has 0 fully saturated rings. The summed E-state index contributed by atoms with van der Waals surface area (Å²) in [5.74, 6) is 0.894. The highest BCUT2D eigenvalue weighted by atomic mass is 16.1. The van der Waals surface area contributed by atoms with E-state index in [1.807, 2.05) is 54.6 Å². The summed E-state index contributed by atoms with van der Waals surface area (Å²) in [7, 11) is 0. The lowest BCUT2D eigenvalue weighted by Gasteiger charge is -2.13. The van der Waals surface area contributed by atoms with Gasteiger partial charge in [0.15, 0.2) is 5.82 Å². The van der Waals surface area contributed by atoms with Crippen molar-refractivity contribution in [3.05, 3.63) is 72.1 Å². The highest BCUT2D eigenvalue weighted by Gasteiger charge is 2.13. The Morgan fingerprint density at radius 3 is 2.46 bits per heavy atom. The molecule has 3 N–H and O–H groups in total. The van der Waals surface area contributed by atoms with Crippen LogP contribution in [0, 0.1) is 5.92 Å². The Morgan fingerprint density at radius 1 is 1.07 bits per heavy atom. The highest BCUT2D eigenvalue weighted by molar-refractivity contribution is 5.90. The van der Waals surface area contributed by atoms with E-state index < -0.39 is 0 Å². The second-order valence-electron chi connectivity index (χ2n) is 7.30. The van der Waals surface area contributed by atoms with E-state index in [-0.39, 0.29) is 5.91 Å². The lowest BCUT2D eigenvalue weighted by Crippen LogP contribution is -2.16. The number of hydrogen-bond donors (Lipinski definition) is 2. The molecule has 3 aromatic rings. The minimum Gasteiger partial charge on any atom is -0.399 e. The number of nitrogens with one attached hydrogen (secondary N) is 1. The number of benzene rings is 2. The fourth-order valence-electron chi connectivity index (χ4n) is 2.95. The fourth-order valence-corrected chi connectivity index (χ4v) is 2.95. The van der Waals surface area contributed by atoms with Crippen LogP contribution in [0.5, 0.6) is 0 Å². The second kappa shape index (κ2) is 9.13. The molecule has 0 saturated carbocycles. The van der Waals surface area contributed by atoms with E-state index in [4.69, 9.17) is 10.7 Å². The van der Waals surface area contributed by atoms with E-state index in [0.717, 1.165) is 28.9 Å². The Bertz CT molecular complexity index is 921. The maximum atomic E-state index is 12.4. The largest absolute Gasteiger partial charge is 0.399 e. The zero-order valence-electron chi connectivity index (χ0n) is 16.4. The minimum atomic E-state index is -0.0524. The summed E-state index contributed by atoms with van der Waals surface area (Å²) in [4.78, 5) is 21.7. The van der Waals surface area contributed by atoms with Crippen molar-refractivity contribution >= 4 is 17.4 Å². The smallest absolute Gasteiger partial charge is 0.225 e. The molecular weight excluding hydrogens is 348 g/mol. The van der Waals surface area contributed by atoms with Crippen molar-refractivity contribution in [3.8, 4) is 11.3 Å². The highest BCUT2D eigenvalue weighted by Crippen LogP contribution is 2.22. The van der Waals surface area contributed by atoms with Crippen molar-refractivity contribution in [2.45, 2.75) is 33.1 Å². The number of hydrogen-bond acceptors (Lipinski definition) is 4. The Kier molecular flexibility index (Phi) is 6.37. The predicted molar refractivity (Wildman–Crippen MR) is 114 cm³/mol. The first-order valence-corrected chi connectivity index (χ1v) is 9.57. The van der Waals surface area contributed by atoms with Crippen LogP contribution in [0.3, 0.4) is 0 Å². The van der Waals surface area contributed by atoms with Crippen molar-refractivity contribution in [2.24, 2.45) is 5.92 Å². The van der Waals surface area contributed by atoms with Crippen LogP contribution in [0.4, 0.5) is 11.5 Å². The minimum absolute atomic E-state index is 0.0524. The fraction of sp³-hybridized carbons (Fsp3) is 0.261. The van der Waals surface area contributed by atoms with E-state index in [1.54, 1.807) is 6.20 Å². The Hall–Kier alpha value is -3.21. The van der Waals surface area contributed by atoms with Crippen LogP contribution in [-0.4, -0.2) is 15.9 Å². The molecule has 0 unspecified atom stereocenters. The third-order valence-corrected chi connectivity index (χ3v) is 4.39. The lowest BCUT2D eigenvalue weighted by molar-refractivity contribution is -0.116. The van der Waals surface area contributed by atoms with Gasteiger partial charge in [-0.15, -0.1) is 0 Å². The Labute approximate surface area is 166 Å². The molecule has 5 nitrogen and oxygen atoms in total. The molecule has 3 rings (SSSR count). The normalized spacial score (nSPS) is 10.8. The van der Waals surface area contributed by atoms with Gasteiger partial charge in [-0.25, -0.2) is 9.97 Å². The van der Waals surface area contributed by atoms with Crippen molar-refractivity contribution in [1.29, 1.82) is 0 Å². The predicted octanol–water partition coefficient (Wildman–Crippen LogP) is 4.50. The van der Waals surface area contributed by atoms with Crippen LogP contribution in [0.2, 0.25) is 0 Å². The van der Waals surface area contributed by atoms with Crippen LogP contribution in [0.25, 0.3) is 11.3 Å². The van der Waals surface area contributed by atoms with Crippen LogP contribution in [-0.2, 0) is 17.6 Å². The summed E-state index contributed by atoms with van der Waals surface area (Å²) in [6, 6.07) is 17.5. The number of aryl methyl sites for hydroxylation is 1. The third-order valence-electron chi connectivity index (χ3n) is 4.39. The molecule has 1 amide bonds. The Morgan fingerprint density at radius 2 is 1.79 bits per heavy atom. The monoisotopic (exact) mass is 374 g/mol. The molecule has 0 bridgehead atoms. The molecule has 0 saturated heterocycles. The van der Waals surface area contributed by atoms with Crippen molar-refractivity contribution < 1.29 is 4.79 Å². The zero-order valence-corrected chi connectivity index (χ0v) is 16.4. The van der Waals surface area contributed by atoms with Gasteiger partial charge in [0.05, 0.1) is 17.6 Å². The van der Waals surface area contributed by atoms with Crippen LogP contribution < -0.4 is 11.1 Å². The number of nitrogens with two attached hydrogens (primary N) is 1. The van der Waals surface area contributed by atoms with Gasteiger partial charge in [0.1, 0.15) is 0 Å². The van der Waals surface area contributed by atoms with E-state index >= 15 is 0 Å². The molecule has 0 radical (unpaired) electrons. The molecule has 0 aliphatic carbocycles. The standard InChI is InChI=1S/C23H26N4O/c1-16(2)14-20-23(27-22(28)13-8-17-6-4-3-5-7-17)25-15-21(26-20)18-9-11-19(24)12-10-18/h3-7,9-12,15-16H,8,13-14,24H2,1-2H3,(H,25,27,28). The first kappa shape index (κ1) is 19.5. The van der Waals surface area contributed by atoms with Gasteiger partial charge >= 0.3 is 0 Å². The van der Waals surface area contributed by atoms with Crippen molar-refractivity contribution in [1.82, 2.24) is 9.97 Å². The average Bonchev–Trinajstić information content (AvgIpc) is 2.69. The molecule has 5 heteroatoms. The van der Waals surface area contributed by atoms with Crippen LogP contribution >= 0.6 is 0 Å². The average molecular weight is 374 g/mol. The first-order valence-electron chi connectivity index (χ1n) is 9.57. The van der Waals surface area contributed by atoms with Gasteiger partial charge in [-0.3, -0.25) is 4.79 Å². The van der Waals surface area contributed by atoms with Gasteiger partial charge in [-0.05, 0) is 36.5 Å². The van der Waals surface area contributed by atoms with Crippen LogP contribution in [0.15, 0.2) is 60.8 Å².